The minimum atomic E-state index is -2.05. The Hall–Kier alpha value is -2.27. The van der Waals surface area contributed by atoms with E-state index in [9.17, 15) is 70.6 Å². The molecule has 23 heteroatoms. The van der Waals surface area contributed by atoms with E-state index in [0.717, 1.165) is 20.8 Å². The number of carbonyl (C=O) groups excluding carboxylic acids is 3. The summed E-state index contributed by atoms with van der Waals surface area (Å²) in [7, 11) is 0. The second-order valence-electron chi connectivity index (χ2n) is 13.1. The van der Waals surface area contributed by atoms with Crippen molar-refractivity contribution in [2.45, 2.75) is 144 Å². The van der Waals surface area contributed by atoms with Gasteiger partial charge in [-0.1, -0.05) is 0 Å². The van der Waals surface area contributed by atoms with Crippen LogP contribution in [0.1, 0.15) is 27.7 Å². The minimum absolute atomic E-state index is 0.718. The molecule has 14 N–H and O–H groups in total. The SMILES string of the molecule is CC(=O)N[C@H]1[C@H](O[C@H]2[C@H](O[C@@H]3O[C@@H](C)[C@@H](O)[C@@H](O)[C@@H]3O)[C@@H](NC(C)=O)[C@H](O[C@@H]([C@@H](O)[C@H](O)CO)[C@H](CO)NC(C)=O)O[C@@H]2CO)O[C@H](CO)[C@H](O)[C@@H]1O. The van der Waals surface area contributed by atoms with Gasteiger partial charge in [0.25, 0.3) is 0 Å². The first-order valence-electron chi connectivity index (χ1n) is 16.8. The molecule has 3 fully saturated rings. The molecule has 53 heavy (non-hydrogen) atoms. The van der Waals surface area contributed by atoms with Gasteiger partial charge in [0.2, 0.25) is 17.7 Å². The number of aliphatic hydroxyl groups is 11. The Balaban J connectivity index is 2.17. The summed E-state index contributed by atoms with van der Waals surface area (Å²) in [5.74, 6) is -2.24. The first kappa shape index (κ1) is 45.1. The predicted molar refractivity (Wildman–Crippen MR) is 169 cm³/mol. The van der Waals surface area contributed by atoms with Crippen LogP contribution in [0.4, 0.5) is 0 Å². The standard InChI is InChI=1S/C30H53N3O20/c1-9-19(42)23(46)24(47)30(48-9)53-27-18(33-12(4)40)29(51-25(20(43)14(41)6-35)13(5-34)31-10(2)38)50-16(8-37)26(27)52-28-17(32-11(3)39)22(45)21(44)15(7-36)49-28/h9,13-30,34-37,41-47H,5-8H2,1-4H3,(H,31,38)(H,32,39)(H,33,40)/t9-,13-,14+,15+,16+,17+,18+,19+,20-,21-,22+,23+,24-,25+,26+,27+,28-,29-,30-/m0/s1. The van der Waals surface area contributed by atoms with Gasteiger partial charge in [0.15, 0.2) is 18.9 Å². The Kier molecular flexibility index (Phi) is 17.1. The van der Waals surface area contributed by atoms with Crippen LogP contribution in [-0.4, -0.2) is 217 Å². The molecule has 0 aliphatic carbocycles. The summed E-state index contributed by atoms with van der Waals surface area (Å²) in [5, 5.41) is 122. The highest BCUT2D eigenvalue weighted by molar-refractivity contribution is 5.74. The molecule has 0 aromatic heterocycles. The van der Waals surface area contributed by atoms with Gasteiger partial charge in [-0.05, 0) is 6.92 Å². The molecule has 0 spiro atoms. The number of ether oxygens (including phenoxy) is 6. The topological polar surface area (TPSA) is 365 Å². The van der Waals surface area contributed by atoms with Crippen LogP contribution in [0.15, 0.2) is 0 Å². The Morgan fingerprint density at radius 3 is 1.74 bits per heavy atom. The third-order valence-electron chi connectivity index (χ3n) is 9.03. The van der Waals surface area contributed by atoms with Crippen molar-refractivity contribution in [3.63, 3.8) is 0 Å². The predicted octanol–water partition coefficient (Wildman–Crippen LogP) is -8.65. The number of rotatable bonds is 16. The van der Waals surface area contributed by atoms with Crippen molar-refractivity contribution in [1.29, 1.82) is 0 Å². The van der Waals surface area contributed by atoms with Crippen LogP contribution in [0.25, 0.3) is 0 Å². The highest BCUT2D eigenvalue weighted by atomic mass is 16.8. The molecule has 19 atom stereocenters. The van der Waals surface area contributed by atoms with Gasteiger partial charge in [0.1, 0.15) is 85.3 Å². The molecule has 3 saturated heterocycles. The van der Waals surface area contributed by atoms with E-state index < -0.39 is 160 Å². The first-order chi connectivity index (χ1) is 24.9. The van der Waals surface area contributed by atoms with Crippen LogP contribution < -0.4 is 16.0 Å². The third kappa shape index (κ3) is 10.9. The molecule has 0 unspecified atom stereocenters. The van der Waals surface area contributed by atoms with Crippen LogP contribution in [-0.2, 0) is 42.8 Å². The molecular formula is C30H53N3O20. The molecule has 0 bridgehead atoms. The quantitative estimate of drug-likeness (QED) is 0.0692. The lowest BCUT2D eigenvalue weighted by molar-refractivity contribution is -0.370. The molecule has 3 rings (SSSR count). The average molecular weight is 776 g/mol. The van der Waals surface area contributed by atoms with E-state index in [2.05, 4.69) is 16.0 Å². The largest absolute Gasteiger partial charge is 0.394 e. The summed E-state index contributed by atoms with van der Waals surface area (Å²) in [5.41, 5.74) is 0. The van der Waals surface area contributed by atoms with Gasteiger partial charge in [0, 0.05) is 20.8 Å². The van der Waals surface area contributed by atoms with E-state index in [1.807, 2.05) is 0 Å². The fraction of sp³-hybridized carbons (Fsp3) is 0.900. The normalized spacial score (nSPS) is 40.0. The molecule has 23 nitrogen and oxygen atoms in total. The van der Waals surface area contributed by atoms with Crippen LogP contribution in [0.2, 0.25) is 0 Å². The van der Waals surface area contributed by atoms with Crippen molar-refractivity contribution < 1.29 is 99.0 Å². The number of nitrogens with one attached hydrogen (secondary N) is 3. The lowest BCUT2D eigenvalue weighted by atomic mass is 9.93. The number of hydrogen-bond donors (Lipinski definition) is 14. The van der Waals surface area contributed by atoms with Crippen LogP contribution in [0.3, 0.4) is 0 Å². The summed E-state index contributed by atoms with van der Waals surface area (Å²) in [4.78, 5) is 36.8. The van der Waals surface area contributed by atoms with Crippen LogP contribution >= 0.6 is 0 Å². The Bertz CT molecular complexity index is 1190. The summed E-state index contributed by atoms with van der Waals surface area (Å²) < 4.78 is 35.5. The Labute approximate surface area is 303 Å². The zero-order valence-electron chi connectivity index (χ0n) is 29.4. The van der Waals surface area contributed by atoms with Gasteiger partial charge in [-0.3, -0.25) is 14.4 Å². The monoisotopic (exact) mass is 775 g/mol. The van der Waals surface area contributed by atoms with Gasteiger partial charge in [0.05, 0.1) is 38.6 Å². The summed E-state index contributed by atoms with van der Waals surface area (Å²) in [6.07, 6.45) is -28.0. The lowest BCUT2D eigenvalue weighted by Gasteiger charge is -2.51. The van der Waals surface area contributed by atoms with Crippen molar-refractivity contribution in [3.8, 4) is 0 Å². The highest BCUT2D eigenvalue weighted by Gasteiger charge is 2.56. The molecule has 3 aliphatic heterocycles. The summed E-state index contributed by atoms with van der Waals surface area (Å²) in [6.45, 7) is 0.795. The molecule has 0 aromatic carbocycles. The summed E-state index contributed by atoms with van der Waals surface area (Å²) in [6, 6.07) is -4.72. The third-order valence-corrected chi connectivity index (χ3v) is 9.03. The average Bonchev–Trinajstić information content (AvgIpc) is 3.11. The smallest absolute Gasteiger partial charge is 0.217 e. The number of amides is 3. The Morgan fingerprint density at radius 1 is 0.642 bits per heavy atom. The first-order valence-corrected chi connectivity index (χ1v) is 16.8. The maximum Gasteiger partial charge on any atom is 0.217 e. The second-order valence-corrected chi connectivity index (χ2v) is 13.1. The lowest BCUT2D eigenvalue weighted by Crippen LogP contribution is -2.71. The molecule has 0 radical (unpaired) electrons. The van der Waals surface area contributed by atoms with Crippen molar-refractivity contribution in [2.24, 2.45) is 0 Å². The minimum Gasteiger partial charge on any atom is -0.394 e. The van der Waals surface area contributed by atoms with E-state index in [1.165, 1.54) is 6.92 Å². The molecule has 308 valence electrons. The molecule has 0 saturated carbocycles. The maximum absolute atomic E-state index is 12.7. The van der Waals surface area contributed by atoms with Gasteiger partial charge in [-0.15, -0.1) is 0 Å². The molecule has 3 heterocycles. The zero-order chi connectivity index (χ0) is 39.9. The van der Waals surface area contributed by atoms with Gasteiger partial charge >= 0.3 is 0 Å². The van der Waals surface area contributed by atoms with Crippen molar-refractivity contribution in [1.82, 2.24) is 16.0 Å². The number of carbonyl (C=O) groups is 3. The van der Waals surface area contributed by atoms with Gasteiger partial charge in [-0.25, -0.2) is 0 Å². The van der Waals surface area contributed by atoms with Crippen molar-refractivity contribution in [3.05, 3.63) is 0 Å². The van der Waals surface area contributed by atoms with E-state index in [-0.39, 0.29) is 0 Å². The molecule has 3 aliphatic rings. The molecule has 0 aromatic rings. The maximum atomic E-state index is 12.7. The van der Waals surface area contributed by atoms with Gasteiger partial charge < -0.3 is 101 Å². The van der Waals surface area contributed by atoms with E-state index in [1.54, 1.807) is 0 Å². The number of hydrogen-bond acceptors (Lipinski definition) is 20. The van der Waals surface area contributed by atoms with Crippen molar-refractivity contribution in [2.75, 3.05) is 26.4 Å². The van der Waals surface area contributed by atoms with Crippen LogP contribution in [0.5, 0.6) is 0 Å². The molecule has 3 amide bonds. The highest BCUT2D eigenvalue weighted by Crippen LogP contribution is 2.35. The number of aliphatic hydroxyl groups excluding tert-OH is 11. The molecular weight excluding hydrogens is 722 g/mol. The van der Waals surface area contributed by atoms with Crippen molar-refractivity contribution >= 4 is 17.7 Å². The van der Waals surface area contributed by atoms with E-state index in [0.29, 0.717) is 0 Å². The Morgan fingerprint density at radius 2 is 1.21 bits per heavy atom. The van der Waals surface area contributed by atoms with E-state index >= 15 is 0 Å². The zero-order valence-corrected chi connectivity index (χ0v) is 29.4. The fourth-order valence-electron chi connectivity index (χ4n) is 6.29. The fourth-order valence-corrected chi connectivity index (χ4v) is 6.29. The van der Waals surface area contributed by atoms with Gasteiger partial charge in [-0.2, -0.15) is 0 Å². The van der Waals surface area contributed by atoms with Crippen LogP contribution in [0, 0.1) is 0 Å². The van der Waals surface area contributed by atoms with E-state index in [4.69, 9.17) is 28.4 Å². The second kappa shape index (κ2) is 20.1. The summed E-state index contributed by atoms with van der Waals surface area (Å²) >= 11 is 0.